The molecule has 1 aromatic heterocycles. The lowest BCUT2D eigenvalue weighted by atomic mass is 10.3. The first-order valence-corrected chi connectivity index (χ1v) is 13.7. The zero-order valence-corrected chi connectivity index (χ0v) is 21.4. The first-order chi connectivity index (χ1) is 16.3. The lowest BCUT2D eigenvalue weighted by molar-refractivity contribution is -0.0525. The summed E-state index contributed by atoms with van der Waals surface area (Å²) >= 11 is 0. The molecule has 0 radical (unpaired) electrons. The van der Waals surface area contributed by atoms with E-state index in [0.29, 0.717) is 25.4 Å². The molecule has 0 aromatic carbocycles. The van der Waals surface area contributed by atoms with Crippen molar-refractivity contribution >= 4 is 45.4 Å². The Hall–Kier alpha value is -1.90. The molecule has 10 nitrogen and oxygen atoms in total. The van der Waals surface area contributed by atoms with Crippen molar-refractivity contribution in [1.82, 2.24) is 9.65 Å². The average Bonchev–Trinajstić information content (AvgIpc) is 2.69. The largest absolute Gasteiger partial charge is 0.534 e. The maximum Gasteiger partial charge on any atom is 0.534 e. The van der Waals surface area contributed by atoms with Crippen LogP contribution in [-0.4, -0.2) is 64.5 Å². The monoisotopic (exact) mass is 635 g/mol. The van der Waals surface area contributed by atoms with Gasteiger partial charge in [0, 0.05) is 25.7 Å². The van der Waals surface area contributed by atoms with Crippen LogP contribution in [0.1, 0.15) is 12.0 Å². The van der Waals surface area contributed by atoms with Crippen LogP contribution in [0, 0.1) is 6.92 Å². The number of aryl methyl sites for hydroxylation is 1. The Morgan fingerprint density at radius 3 is 1.70 bits per heavy atom. The van der Waals surface area contributed by atoms with Crippen LogP contribution in [0.3, 0.4) is 0 Å². The van der Waals surface area contributed by atoms with E-state index < -0.39 is 56.2 Å². The van der Waals surface area contributed by atoms with Crippen LogP contribution in [-0.2, 0) is 34.3 Å². The second-order valence-corrected chi connectivity index (χ2v) is 12.7. The van der Waals surface area contributed by atoms with Crippen LogP contribution in [0.5, 0.6) is 0 Å². The molecule has 1 unspecified atom stereocenters. The quantitative estimate of drug-likeness (QED) is 0.207. The SMILES string of the molecule is Cc1ccc(N(S(=O)(=O)C(F)(F)F)S(=O)(=O)C(F)(F)F)nc1.O=S(=O)(OC1=CCN(P)CC1)C(F)(F)F. The van der Waals surface area contributed by atoms with Crippen molar-refractivity contribution in [3.05, 3.63) is 35.7 Å². The topological polar surface area (TPSA) is 131 Å². The lowest BCUT2D eigenvalue weighted by Gasteiger charge is -2.24. The molecule has 0 aliphatic carbocycles. The summed E-state index contributed by atoms with van der Waals surface area (Å²) in [6.07, 6.45) is 2.15. The molecule has 0 N–H and O–H groups in total. The predicted molar refractivity (Wildman–Crippen MR) is 111 cm³/mol. The highest BCUT2D eigenvalue weighted by Gasteiger charge is 2.62. The number of alkyl halides is 9. The van der Waals surface area contributed by atoms with Gasteiger partial charge in [-0.25, -0.2) is 4.98 Å². The Balaban J connectivity index is 0.000000397. The molecule has 0 saturated carbocycles. The van der Waals surface area contributed by atoms with E-state index in [4.69, 9.17) is 0 Å². The standard InChI is InChI=1S/C8H6F6N2O4S2.C6H9F3NO3PS/c1-5-2-3-6(15-4-5)16(21(17,18)7(9,10)11)22(19,20)8(12,13)14;7-6(8,9)15(11,12)13-5-1-3-10(14)4-2-5/h2-4H,1H3;1H,2-4,14H2. The van der Waals surface area contributed by atoms with Gasteiger partial charge < -0.3 is 4.18 Å². The van der Waals surface area contributed by atoms with Gasteiger partial charge in [0.2, 0.25) is 0 Å². The van der Waals surface area contributed by atoms with E-state index in [9.17, 15) is 64.8 Å². The van der Waals surface area contributed by atoms with Gasteiger partial charge in [-0.1, -0.05) is 15.5 Å². The number of hydrogen-bond donors (Lipinski definition) is 0. The van der Waals surface area contributed by atoms with Crippen LogP contribution in [0.25, 0.3) is 0 Å². The minimum atomic E-state index is -6.88. The lowest BCUT2D eigenvalue weighted by Crippen LogP contribution is -2.49. The van der Waals surface area contributed by atoms with Gasteiger partial charge in [0.05, 0.1) is 0 Å². The molecule has 0 saturated heterocycles. The summed E-state index contributed by atoms with van der Waals surface area (Å²) in [5.74, 6) is -1.72. The van der Waals surface area contributed by atoms with Gasteiger partial charge in [0.25, 0.3) is 0 Å². The van der Waals surface area contributed by atoms with Crippen molar-refractivity contribution in [2.45, 2.75) is 29.9 Å². The van der Waals surface area contributed by atoms with E-state index in [-0.39, 0.29) is 17.7 Å². The molecule has 23 heteroatoms. The van der Waals surface area contributed by atoms with Gasteiger partial charge in [0.1, 0.15) is 5.76 Å². The first kappa shape index (κ1) is 33.1. The van der Waals surface area contributed by atoms with Gasteiger partial charge in [-0.15, -0.1) is 3.71 Å². The Morgan fingerprint density at radius 1 is 0.892 bits per heavy atom. The Bertz CT molecular complexity index is 1270. The number of hydrogen-bond acceptors (Lipinski definition) is 9. The summed E-state index contributed by atoms with van der Waals surface area (Å²) in [4.78, 5) is 3.01. The Labute approximate surface area is 206 Å². The fourth-order valence-electron chi connectivity index (χ4n) is 2.06. The first-order valence-electron chi connectivity index (χ1n) is 8.90. The van der Waals surface area contributed by atoms with Crippen LogP contribution in [0.2, 0.25) is 0 Å². The molecule has 0 amide bonds. The number of pyridine rings is 1. The van der Waals surface area contributed by atoms with Crippen LogP contribution in [0.15, 0.2) is 30.2 Å². The van der Waals surface area contributed by atoms with Crippen molar-refractivity contribution in [3.8, 4) is 0 Å². The molecule has 0 fully saturated rings. The van der Waals surface area contributed by atoms with Crippen molar-refractivity contribution < 1.29 is 69.0 Å². The average molecular weight is 635 g/mol. The fraction of sp³-hybridized carbons (Fsp3) is 0.500. The number of anilines is 1. The molecule has 1 atom stereocenters. The van der Waals surface area contributed by atoms with E-state index in [0.717, 1.165) is 6.07 Å². The second-order valence-electron chi connectivity index (χ2n) is 6.69. The highest BCUT2D eigenvalue weighted by molar-refractivity contribution is 8.11. The number of rotatable bonds is 5. The van der Waals surface area contributed by atoms with Gasteiger partial charge in [-0.05, 0) is 24.6 Å². The molecule has 0 bridgehead atoms. The highest BCUT2D eigenvalue weighted by Crippen LogP contribution is 2.37. The molecule has 1 aromatic rings. The smallest absolute Gasteiger partial charge is 0.381 e. The molecule has 214 valence electrons. The summed E-state index contributed by atoms with van der Waals surface area (Å²) in [6.45, 7) is 2.12. The van der Waals surface area contributed by atoms with Crippen molar-refractivity contribution in [2.75, 3.05) is 16.8 Å². The van der Waals surface area contributed by atoms with Crippen LogP contribution in [0.4, 0.5) is 45.3 Å². The molecular weight excluding hydrogens is 620 g/mol. The normalized spacial score (nSPS) is 16.4. The highest BCUT2D eigenvalue weighted by atomic mass is 32.3. The van der Waals surface area contributed by atoms with Crippen LogP contribution >= 0.6 is 9.39 Å². The van der Waals surface area contributed by atoms with Gasteiger partial charge in [0.15, 0.2) is 5.82 Å². The third-order valence-electron chi connectivity index (χ3n) is 3.80. The summed E-state index contributed by atoms with van der Waals surface area (Å²) in [5.41, 5.74) is -17.7. The third-order valence-corrected chi connectivity index (χ3v) is 8.87. The van der Waals surface area contributed by atoms with E-state index in [1.807, 2.05) is 0 Å². The molecule has 2 rings (SSSR count). The fourth-order valence-corrected chi connectivity index (χ4v) is 5.45. The van der Waals surface area contributed by atoms with E-state index >= 15 is 0 Å². The predicted octanol–water partition coefficient (Wildman–Crippen LogP) is 3.13. The van der Waals surface area contributed by atoms with Crippen molar-refractivity contribution in [2.24, 2.45) is 0 Å². The number of nitrogens with zero attached hydrogens (tertiary/aromatic N) is 3. The zero-order chi connectivity index (χ0) is 29.3. The molecule has 37 heavy (non-hydrogen) atoms. The van der Waals surface area contributed by atoms with Gasteiger partial charge >= 0.3 is 46.7 Å². The summed E-state index contributed by atoms with van der Waals surface area (Å²) in [6, 6.07) is 1.30. The molecule has 2 heterocycles. The maximum atomic E-state index is 12.5. The third kappa shape index (κ3) is 8.04. The van der Waals surface area contributed by atoms with E-state index in [1.54, 1.807) is 4.67 Å². The van der Waals surface area contributed by atoms with Crippen molar-refractivity contribution in [3.63, 3.8) is 0 Å². The molecule has 0 spiro atoms. The zero-order valence-electron chi connectivity index (χ0n) is 17.8. The maximum absolute atomic E-state index is 12.5. The van der Waals surface area contributed by atoms with Gasteiger partial charge in [-0.2, -0.15) is 64.8 Å². The summed E-state index contributed by atoms with van der Waals surface area (Å²) in [7, 11) is -16.9. The molecular formula is C14H15F9N3O7PS3. The number of halogens is 9. The van der Waals surface area contributed by atoms with E-state index in [1.165, 1.54) is 13.0 Å². The van der Waals surface area contributed by atoms with Gasteiger partial charge in [-0.3, -0.25) is 4.67 Å². The summed E-state index contributed by atoms with van der Waals surface area (Å²) in [5, 5.41) is 0. The minimum Gasteiger partial charge on any atom is -0.381 e. The Kier molecular flexibility index (Phi) is 9.91. The Morgan fingerprint density at radius 2 is 1.38 bits per heavy atom. The number of sulfonamides is 2. The minimum absolute atomic E-state index is 0.138. The number of aromatic nitrogens is 1. The van der Waals surface area contributed by atoms with Crippen molar-refractivity contribution in [1.29, 1.82) is 0 Å². The second kappa shape index (κ2) is 11.1. The van der Waals surface area contributed by atoms with Crippen LogP contribution < -0.4 is 3.71 Å². The molecule has 1 aliphatic rings. The summed E-state index contributed by atoms with van der Waals surface area (Å²) < 4.78 is 181. The molecule has 1 aliphatic heterocycles. The van der Waals surface area contributed by atoms with E-state index in [2.05, 4.69) is 18.6 Å².